The average molecular weight is 426 g/mol. The molecule has 0 spiro atoms. The second-order valence-corrected chi connectivity index (χ2v) is 6.08. The molecule has 1 aromatic carbocycles. The zero-order valence-corrected chi connectivity index (χ0v) is 17.0. The third kappa shape index (κ3) is 10.1. The summed E-state index contributed by atoms with van der Waals surface area (Å²) in [5, 5.41) is 15.8. The van der Waals surface area contributed by atoms with E-state index >= 15 is 0 Å². The number of nitrogens with zero attached hydrogens (tertiary/aromatic N) is 1. The molecule has 1 aromatic rings. The number of methoxy groups -OCH3 is 1. The topological polar surface area (TPSA) is 144 Å². The van der Waals surface area contributed by atoms with Crippen molar-refractivity contribution in [3.05, 3.63) is 35.9 Å². The zero-order valence-electron chi connectivity index (χ0n) is 16.2. The number of amides is 2. The van der Waals surface area contributed by atoms with Gasteiger partial charge in [-0.1, -0.05) is 0 Å². The van der Waals surface area contributed by atoms with Gasteiger partial charge in [-0.05, 0) is 18.3 Å². The summed E-state index contributed by atoms with van der Waals surface area (Å²) in [5.74, 6) is -1.07. The third-order valence-corrected chi connectivity index (χ3v) is 3.78. The van der Waals surface area contributed by atoms with Gasteiger partial charge < -0.3 is 26.0 Å². The van der Waals surface area contributed by atoms with Gasteiger partial charge in [-0.2, -0.15) is 5.11 Å². The first-order valence-corrected chi connectivity index (χ1v) is 9.04. The highest BCUT2D eigenvalue weighted by atomic mass is 32.1. The molecule has 0 saturated heterocycles. The Kier molecular flexibility index (Phi) is 10.8. The number of halogens is 1. The van der Waals surface area contributed by atoms with Crippen LogP contribution in [-0.2, 0) is 14.3 Å². The van der Waals surface area contributed by atoms with Gasteiger partial charge in [0.05, 0.1) is 25.9 Å². The van der Waals surface area contributed by atoms with E-state index in [4.69, 9.17) is 22.5 Å². The third-order valence-electron chi connectivity index (χ3n) is 3.46. The van der Waals surface area contributed by atoms with Gasteiger partial charge in [0.2, 0.25) is 11.8 Å². The van der Waals surface area contributed by atoms with Crippen molar-refractivity contribution in [3.8, 4) is 0 Å². The highest BCUT2D eigenvalue weighted by molar-refractivity contribution is 7.80. The smallest absolute Gasteiger partial charge is 0.256 e. The van der Waals surface area contributed by atoms with Crippen molar-refractivity contribution in [2.24, 2.45) is 5.11 Å². The number of ether oxygens (including phenoxy) is 1. The summed E-state index contributed by atoms with van der Waals surface area (Å²) in [6, 6.07) is 4.61. The second-order valence-electron chi connectivity index (χ2n) is 5.71. The predicted octanol–water partition coefficient (Wildman–Crippen LogP) is 0.0781. The van der Waals surface area contributed by atoms with Gasteiger partial charge in [0, 0.05) is 32.1 Å². The van der Waals surface area contributed by atoms with Gasteiger partial charge in [-0.15, -0.1) is 0 Å². The largest absolute Gasteiger partial charge is 0.474 e. The van der Waals surface area contributed by atoms with Crippen LogP contribution in [0.3, 0.4) is 0 Å². The number of quaternary nitrogens is 1. The molecule has 10 nitrogen and oxygen atoms in total. The lowest BCUT2D eigenvalue weighted by Crippen LogP contribution is -2.71. The second kappa shape index (κ2) is 13.1. The highest BCUT2D eigenvalue weighted by Crippen LogP contribution is 2.15. The number of benzene rings is 1. The fourth-order valence-corrected chi connectivity index (χ4v) is 2.08. The number of anilines is 1. The van der Waals surface area contributed by atoms with E-state index in [1.807, 2.05) is 0 Å². The van der Waals surface area contributed by atoms with Crippen LogP contribution in [0.2, 0.25) is 0 Å². The van der Waals surface area contributed by atoms with E-state index in [-0.39, 0.29) is 36.6 Å². The quantitative estimate of drug-likeness (QED) is 0.128. The Morgan fingerprint density at radius 1 is 1.28 bits per heavy atom. The summed E-state index contributed by atoms with van der Waals surface area (Å²) in [6.45, 7) is 2.03. The number of carbonyl (C=O) groups is 2. The van der Waals surface area contributed by atoms with Crippen molar-refractivity contribution in [3.63, 3.8) is 0 Å². The van der Waals surface area contributed by atoms with Crippen molar-refractivity contribution in [1.82, 2.24) is 16.0 Å². The van der Waals surface area contributed by atoms with Crippen LogP contribution in [0.1, 0.15) is 6.92 Å². The fraction of sp³-hybridized carbons (Fsp3) is 0.353. The van der Waals surface area contributed by atoms with E-state index in [9.17, 15) is 14.0 Å². The molecule has 0 atom stereocenters. The van der Waals surface area contributed by atoms with Gasteiger partial charge in [0.15, 0.2) is 5.82 Å². The molecular weight excluding hydrogens is 401 g/mol. The normalized spacial score (nSPS) is 10.7. The molecule has 12 heteroatoms. The first-order chi connectivity index (χ1) is 13.8. The monoisotopic (exact) mass is 426 g/mol. The summed E-state index contributed by atoms with van der Waals surface area (Å²) in [7, 11) is 1.43. The van der Waals surface area contributed by atoms with Crippen LogP contribution in [0, 0.1) is 11.3 Å². The Labute approximate surface area is 173 Å². The van der Waals surface area contributed by atoms with Crippen LogP contribution in [-0.4, -0.2) is 50.3 Å². The summed E-state index contributed by atoms with van der Waals surface area (Å²) in [5.41, 5.74) is 8.43. The first-order valence-electron chi connectivity index (χ1n) is 8.63. The number of carbonyl (C=O) groups excluding carboxylic acids is 2. The zero-order chi connectivity index (χ0) is 21.6. The molecule has 0 fully saturated rings. The molecule has 0 radical (unpaired) electrons. The predicted molar refractivity (Wildman–Crippen MR) is 109 cm³/mol. The van der Waals surface area contributed by atoms with Crippen molar-refractivity contribution in [1.29, 1.82) is 5.53 Å². The van der Waals surface area contributed by atoms with Crippen molar-refractivity contribution in [2.75, 3.05) is 38.6 Å². The Morgan fingerprint density at radius 3 is 2.66 bits per heavy atom. The first kappa shape index (κ1) is 23.9. The summed E-state index contributed by atoms with van der Waals surface area (Å²) in [4.78, 5) is 22.2. The van der Waals surface area contributed by atoms with Crippen LogP contribution in [0.25, 0.3) is 0 Å². The number of hydrogen-bond donors (Lipinski definition) is 6. The molecule has 0 aliphatic carbocycles. The average Bonchev–Trinajstić information content (AvgIpc) is 2.70. The molecule has 0 bridgehead atoms. The number of hydrogen-bond acceptors (Lipinski definition) is 7. The molecule has 0 heterocycles. The molecule has 2 amide bonds. The Bertz CT molecular complexity index is 773. The van der Waals surface area contributed by atoms with Crippen molar-refractivity contribution in [2.45, 2.75) is 6.92 Å². The molecule has 158 valence electrons. The Morgan fingerprint density at radius 2 is 2.03 bits per heavy atom. The van der Waals surface area contributed by atoms with Gasteiger partial charge in [-0.25, -0.2) is 9.92 Å². The minimum atomic E-state index is -0.459. The minimum Gasteiger partial charge on any atom is -0.474 e. The van der Waals surface area contributed by atoms with Gasteiger partial charge in [0.25, 0.3) is 5.17 Å². The molecular formula is C17H25FN7O3S+. The summed E-state index contributed by atoms with van der Waals surface area (Å²) >= 11 is 4.84. The van der Waals surface area contributed by atoms with E-state index in [1.54, 1.807) is 23.6 Å². The lowest BCUT2D eigenvalue weighted by molar-refractivity contribution is -0.497. The minimum absolute atomic E-state index is 0.0961. The van der Waals surface area contributed by atoms with E-state index in [0.717, 1.165) is 0 Å². The van der Waals surface area contributed by atoms with E-state index in [2.05, 4.69) is 26.4 Å². The molecule has 0 aliphatic rings. The number of nitrogens with two attached hydrogens (primary N) is 1. The fourth-order valence-electron chi connectivity index (χ4n) is 2.01. The molecule has 0 aromatic heterocycles. The number of nitrogens with one attached hydrogen (secondary N) is 5. The summed E-state index contributed by atoms with van der Waals surface area (Å²) < 4.78 is 19.0. The Balaban J connectivity index is 2.47. The van der Waals surface area contributed by atoms with E-state index in [1.165, 1.54) is 20.1 Å². The SMILES string of the molecule is COC(=S)NC/C(=C/[NH2+]c1ccc(NCCNC(=O)CNC(C)=O)c(F)c1)N=N. The van der Waals surface area contributed by atoms with Gasteiger partial charge in [0.1, 0.15) is 17.6 Å². The maximum atomic E-state index is 14.2. The molecule has 1 rings (SSSR count). The lowest BCUT2D eigenvalue weighted by Gasteiger charge is -2.09. The van der Waals surface area contributed by atoms with Crippen molar-refractivity contribution < 1.29 is 24.0 Å². The standard InChI is InChI=1S/C17H24FN7O3S/c1-11(26)22-10-16(27)21-6-5-20-15-4-3-12(7-14(15)18)23-8-13(25-19)9-24-17(29)28-2/h3-4,7-8,19-20,23H,5-6,9-10H2,1-2H3,(H,21,27)(H,22,26)(H,24,29)/p+1/b13-8-,25-19?. The lowest BCUT2D eigenvalue weighted by atomic mass is 10.2. The van der Waals surface area contributed by atoms with Crippen LogP contribution >= 0.6 is 12.2 Å². The van der Waals surface area contributed by atoms with Crippen LogP contribution in [0.4, 0.5) is 15.8 Å². The van der Waals surface area contributed by atoms with E-state index < -0.39 is 5.82 Å². The van der Waals surface area contributed by atoms with Crippen molar-refractivity contribution >= 4 is 40.6 Å². The molecule has 7 N–H and O–H groups in total. The number of rotatable bonds is 11. The van der Waals surface area contributed by atoms with Crippen LogP contribution < -0.4 is 26.6 Å². The van der Waals surface area contributed by atoms with Crippen LogP contribution in [0.5, 0.6) is 0 Å². The Hall–Kier alpha value is -3.12. The highest BCUT2D eigenvalue weighted by Gasteiger charge is 2.07. The van der Waals surface area contributed by atoms with Gasteiger partial charge >= 0.3 is 0 Å². The number of thiocarbonyl (C=S) groups is 1. The van der Waals surface area contributed by atoms with E-state index in [0.29, 0.717) is 23.6 Å². The molecule has 0 aliphatic heterocycles. The maximum Gasteiger partial charge on any atom is 0.256 e. The molecule has 29 heavy (non-hydrogen) atoms. The molecule has 0 saturated carbocycles. The summed E-state index contributed by atoms with van der Waals surface area (Å²) in [6.07, 6.45) is 1.57. The maximum absolute atomic E-state index is 14.2. The van der Waals surface area contributed by atoms with Gasteiger partial charge in [-0.3, -0.25) is 14.9 Å². The molecule has 0 unspecified atom stereocenters. The van der Waals surface area contributed by atoms with Crippen LogP contribution in [0.15, 0.2) is 35.2 Å².